The van der Waals surface area contributed by atoms with Gasteiger partial charge in [0.2, 0.25) is 0 Å². The summed E-state index contributed by atoms with van der Waals surface area (Å²) in [5.74, 6) is -0.0362. The van der Waals surface area contributed by atoms with Crippen LogP contribution in [0.4, 0.5) is 5.69 Å². The van der Waals surface area contributed by atoms with Crippen LogP contribution in [0.2, 0.25) is 0 Å². The number of rotatable bonds is 3. The highest BCUT2D eigenvalue weighted by Crippen LogP contribution is 2.29. The van der Waals surface area contributed by atoms with Crippen molar-refractivity contribution in [2.45, 2.75) is 19.8 Å². The number of likely N-dealkylation sites (tertiary alicyclic amines) is 1. The molecule has 1 fully saturated rings. The van der Waals surface area contributed by atoms with Crippen molar-refractivity contribution in [3.05, 3.63) is 28.2 Å². The Morgan fingerprint density at radius 3 is 2.70 bits per heavy atom. The van der Waals surface area contributed by atoms with Crippen molar-refractivity contribution in [1.82, 2.24) is 10.2 Å². The summed E-state index contributed by atoms with van der Waals surface area (Å²) in [6.45, 7) is 5.17. The lowest BCUT2D eigenvalue weighted by Gasteiger charge is -2.37. The molecule has 4 nitrogen and oxygen atoms in total. The molecule has 1 heterocycles. The van der Waals surface area contributed by atoms with Crippen molar-refractivity contribution in [2.75, 3.05) is 32.4 Å². The number of carbonyl (C=O) groups excluding carboxylic acids is 1. The summed E-state index contributed by atoms with van der Waals surface area (Å²) in [5, 5.41) is 3.05. The van der Waals surface area contributed by atoms with Gasteiger partial charge < -0.3 is 16.0 Å². The number of amides is 1. The first kappa shape index (κ1) is 15.3. The van der Waals surface area contributed by atoms with E-state index < -0.39 is 0 Å². The molecule has 1 aromatic carbocycles. The normalized spacial score (nSPS) is 18.8. The Bertz CT molecular complexity index is 496. The number of nitrogens with two attached hydrogens (primary N) is 1. The summed E-state index contributed by atoms with van der Waals surface area (Å²) in [7, 11) is 2.14. The number of nitrogens with zero attached hydrogens (tertiary/aromatic N) is 1. The third-order valence-electron chi connectivity index (χ3n) is 4.13. The van der Waals surface area contributed by atoms with Crippen LogP contribution in [0.3, 0.4) is 0 Å². The second-order valence-corrected chi connectivity index (χ2v) is 6.89. The van der Waals surface area contributed by atoms with Crippen LogP contribution in [0.15, 0.2) is 22.7 Å². The molecule has 1 aliphatic heterocycles. The van der Waals surface area contributed by atoms with Gasteiger partial charge in [-0.15, -0.1) is 0 Å². The van der Waals surface area contributed by atoms with Crippen molar-refractivity contribution in [2.24, 2.45) is 5.41 Å². The van der Waals surface area contributed by atoms with Crippen LogP contribution >= 0.6 is 15.9 Å². The zero-order chi connectivity index (χ0) is 14.8. The van der Waals surface area contributed by atoms with E-state index in [0.717, 1.165) is 36.9 Å². The lowest BCUT2D eigenvalue weighted by atomic mass is 9.80. The summed E-state index contributed by atoms with van der Waals surface area (Å²) < 4.78 is 0.760. The van der Waals surface area contributed by atoms with Crippen LogP contribution in [0.25, 0.3) is 0 Å². The first-order valence-electron chi connectivity index (χ1n) is 6.91. The van der Waals surface area contributed by atoms with Crippen LogP contribution in [0.1, 0.15) is 30.1 Å². The van der Waals surface area contributed by atoms with Crippen LogP contribution in [0, 0.1) is 5.41 Å². The smallest absolute Gasteiger partial charge is 0.251 e. The van der Waals surface area contributed by atoms with E-state index in [4.69, 9.17) is 5.73 Å². The molecule has 0 aliphatic carbocycles. The molecule has 0 unspecified atom stereocenters. The summed E-state index contributed by atoms with van der Waals surface area (Å²) in [4.78, 5) is 14.5. The van der Waals surface area contributed by atoms with Gasteiger partial charge in [0.15, 0.2) is 0 Å². The third kappa shape index (κ3) is 3.73. The third-order valence-corrected chi connectivity index (χ3v) is 4.82. The fourth-order valence-corrected chi connectivity index (χ4v) is 2.78. The number of halogens is 1. The quantitative estimate of drug-likeness (QED) is 0.832. The molecule has 1 aromatic rings. The number of anilines is 1. The Hall–Kier alpha value is -1.07. The molecular weight excluding hydrogens is 318 g/mol. The summed E-state index contributed by atoms with van der Waals surface area (Å²) in [6, 6.07) is 5.27. The Morgan fingerprint density at radius 2 is 2.10 bits per heavy atom. The van der Waals surface area contributed by atoms with Gasteiger partial charge in [0.25, 0.3) is 5.91 Å². The standard InChI is InChI=1S/C15H22BrN3O/c1-15(5-7-19(2)8-6-15)10-18-14(20)11-3-4-13(17)12(16)9-11/h3-4,9H,5-8,10,17H2,1-2H3,(H,18,20). The Kier molecular flexibility index (Phi) is 4.70. The maximum absolute atomic E-state index is 12.2. The highest BCUT2D eigenvalue weighted by atomic mass is 79.9. The molecule has 1 aliphatic rings. The lowest BCUT2D eigenvalue weighted by molar-refractivity contribution is 0.0891. The predicted molar refractivity (Wildman–Crippen MR) is 85.7 cm³/mol. The van der Waals surface area contributed by atoms with Crippen molar-refractivity contribution >= 4 is 27.5 Å². The SMILES string of the molecule is CN1CCC(C)(CNC(=O)c2ccc(N)c(Br)c2)CC1. The fraction of sp³-hybridized carbons (Fsp3) is 0.533. The zero-order valence-corrected chi connectivity index (χ0v) is 13.7. The van der Waals surface area contributed by atoms with E-state index >= 15 is 0 Å². The van der Waals surface area contributed by atoms with Gasteiger partial charge in [0.05, 0.1) is 0 Å². The molecule has 0 aromatic heterocycles. The number of hydrogen-bond donors (Lipinski definition) is 2. The minimum Gasteiger partial charge on any atom is -0.398 e. The van der Waals surface area contributed by atoms with Gasteiger partial charge in [-0.3, -0.25) is 4.79 Å². The van der Waals surface area contributed by atoms with E-state index in [2.05, 4.69) is 40.1 Å². The molecule has 2 rings (SSSR count). The minimum absolute atomic E-state index is 0.0362. The maximum atomic E-state index is 12.2. The molecule has 1 saturated heterocycles. The zero-order valence-electron chi connectivity index (χ0n) is 12.1. The van der Waals surface area contributed by atoms with Gasteiger partial charge >= 0.3 is 0 Å². The number of nitrogens with one attached hydrogen (secondary N) is 1. The van der Waals surface area contributed by atoms with Gasteiger partial charge in [-0.1, -0.05) is 6.92 Å². The molecule has 0 saturated carbocycles. The topological polar surface area (TPSA) is 58.4 Å². The monoisotopic (exact) mass is 339 g/mol. The van der Waals surface area contributed by atoms with Crippen LogP contribution in [0.5, 0.6) is 0 Å². The summed E-state index contributed by atoms with van der Waals surface area (Å²) >= 11 is 3.35. The van der Waals surface area contributed by atoms with Gasteiger partial charge in [-0.25, -0.2) is 0 Å². The second kappa shape index (κ2) is 6.14. The average molecular weight is 340 g/mol. The highest BCUT2D eigenvalue weighted by Gasteiger charge is 2.29. The molecule has 0 spiro atoms. The highest BCUT2D eigenvalue weighted by molar-refractivity contribution is 9.10. The van der Waals surface area contributed by atoms with E-state index in [1.54, 1.807) is 18.2 Å². The van der Waals surface area contributed by atoms with E-state index in [-0.39, 0.29) is 11.3 Å². The molecule has 3 N–H and O–H groups in total. The Balaban J connectivity index is 1.93. The largest absolute Gasteiger partial charge is 0.398 e. The van der Waals surface area contributed by atoms with Crippen LogP contribution in [-0.2, 0) is 0 Å². The number of hydrogen-bond acceptors (Lipinski definition) is 3. The lowest BCUT2D eigenvalue weighted by Crippen LogP contribution is -2.43. The average Bonchev–Trinajstić information content (AvgIpc) is 2.43. The number of nitrogen functional groups attached to an aromatic ring is 1. The molecule has 110 valence electrons. The van der Waals surface area contributed by atoms with E-state index in [9.17, 15) is 4.79 Å². The fourth-order valence-electron chi connectivity index (χ4n) is 2.40. The molecule has 5 heteroatoms. The van der Waals surface area contributed by atoms with Gasteiger partial charge in [0.1, 0.15) is 0 Å². The molecule has 0 atom stereocenters. The Morgan fingerprint density at radius 1 is 1.45 bits per heavy atom. The first-order chi connectivity index (χ1) is 9.39. The molecule has 1 amide bonds. The summed E-state index contributed by atoms with van der Waals surface area (Å²) in [6.07, 6.45) is 2.24. The molecule has 0 radical (unpaired) electrons. The van der Waals surface area contributed by atoms with Crippen molar-refractivity contribution in [3.63, 3.8) is 0 Å². The molecular formula is C15H22BrN3O. The predicted octanol–water partition coefficient (Wildman–Crippen LogP) is 2.49. The van der Waals surface area contributed by atoms with Crippen molar-refractivity contribution < 1.29 is 4.79 Å². The minimum atomic E-state index is -0.0362. The molecule has 20 heavy (non-hydrogen) atoms. The number of piperidine rings is 1. The number of carbonyl (C=O) groups is 1. The second-order valence-electron chi connectivity index (χ2n) is 6.03. The number of benzene rings is 1. The van der Waals surface area contributed by atoms with Crippen molar-refractivity contribution in [1.29, 1.82) is 0 Å². The van der Waals surface area contributed by atoms with Crippen LogP contribution in [-0.4, -0.2) is 37.5 Å². The Labute approximate surface area is 128 Å². The first-order valence-corrected chi connectivity index (χ1v) is 7.71. The molecule has 0 bridgehead atoms. The van der Waals surface area contributed by atoms with Crippen LogP contribution < -0.4 is 11.1 Å². The maximum Gasteiger partial charge on any atom is 0.251 e. The summed E-state index contributed by atoms with van der Waals surface area (Å²) in [5.41, 5.74) is 7.22. The van der Waals surface area contributed by atoms with E-state index in [0.29, 0.717) is 11.3 Å². The van der Waals surface area contributed by atoms with Crippen molar-refractivity contribution in [3.8, 4) is 0 Å². The van der Waals surface area contributed by atoms with Gasteiger partial charge in [0, 0.05) is 22.3 Å². The van der Waals surface area contributed by atoms with E-state index in [1.807, 2.05) is 0 Å². The van der Waals surface area contributed by atoms with Gasteiger partial charge in [-0.05, 0) is 72.5 Å². The van der Waals surface area contributed by atoms with E-state index in [1.165, 1.54) is 0 Å². The van der Waals surface area contributed by atoms with Gasteiger partial charge in [-0.2, -0.15) is 0 Å².